The van der Waals surface area contributed by atoms with E-state index in [1.165, 1.54) is 24.5 Å². The first-order chi connectivity index (χ1) is 12.0. The number of nitrogens with one attached hydrogen (secondary N) is 1. The smallest absolute Gasteiger partial charge is 0.270 e. The van der Waals surface area contributed by atoms with E-state index in [-0.39, 0.29) is 16.3 Å². The number of amides is 1. The van der Waals surface area contributed by atoms with Crippen molar-refractivity contribution in [1.82, 2.24) is 9.97 Å². The molecule has 0 bridgehead atoms. The van der Waals surface area contributed by atoms with E-state index < -0.39 is 10.8 Å². The number of aromatic nitrogens is 2. The van der Waals surface area contributed by atoms with Gasteiger partial charge in [-0.2, -0.15) is 0 Å². The van der Waals surface area contributed by atoms with E-state index in [0.717, 1.165) is 6.07 Å². The second-order valence-electron chi connectivity index (χ2n) is 5.25. The Labute approximate surface area is 147 Å². The highest BCUT2D eigenvalue weighted by molar-refractivity contribution is 6.34. The van der Waals surface area contributed by atoms with E-state index >= 15 is 0 Å². The molecule has 130 valence electrons. The number of nitro benzene ring substituents is 1. The van der Waals surface area contributed by atoms with Crippen molar-refractivity contribution >= 4 is 34.8 Å². The van der Waals surface area contributed by atoms with Gasteiger partial charge in [0.05, 0.1) is 46.8 Å². The molecule has 0 saturated carbocycles. The van der Waals surface area contributed by atoms with E-state index in [1.807, 2.05) is 4.90 Å². The van der Waals surface area contributed by atoms with Gasteiger partial charge in [0.25, 0.3) is 11.6 Å². The van der Waals surface area contributed by atoms with Gasteiger partial charge < -0.3 is 15.0 Å². The van der Waals surface area contributed by atoms with Crippen molar-refractivity contribution in [1.29, 1.82) is 0 Å². The van der Waals surface area contributed by atoms with Gasteiger partial charge in [-0.15, -0.1) is 0 Å². The molecule has 0 radical (unpaired) electrons. The number of hydrogen-bond donors (Lipinski definition) is 1. The van der Waals surface area contributed by atoms with Crippen molar-refractivity contribution in [2.45, 2.75) is 0 Å². The normalized spacial score (nSPS) is 14.2. The summed E-state index contributed by atoms with van der Waals surface area (Å²) in [6, 6.07) is 3.66. The Balaban J connectivity index is 1.69. The summed E-state index contributed by atoms with van der Waals surface area (Å²) in [6.07, 6.45) is 2.99. The lowest BCUT2D eigenvalue weighted by molar-refractivity contribution is -0.384. The van der Waals surface area contributed by atoms with Crippen molar-refractivity contribution in [2.24, 2.45) is 0 Å². The van der Waals surface area contributed by atoms with Crippen LogP contribution in [0.4, 0.5) is 17.3 Å². The Morgan fingerprint density at radius 1 is 1.28 bits per heavy atom. The van der Waals surface area contributed by atoms with Crippen LogP contribution in [0.15, 0.2) is 30.6 Å². The van der Waals surface area contributed by atoms with Crippen LogP contribution < -0.4 is 10.2 Å². The fraction of sp³-hybridized carbons (Fsp3) is 0.267. The number of non-ortho nitro benzene ring substituents is 1. The summed E-state index contributed by atoms with van der Waals surface area (Å²) < 4.78 is 5.27. The van der Waals surface area contributed by atoms with E-state index in [0.29, 0.717) is 37.9 Å². The predicted molar refractivity (Wildman–Crippen MR) is 91.1 cm³/mol. The molecule has 2 aromatic rings. The summed E-state index contributed by atoms with van der Waals surface area (Å²) >= 11 is 5.95. The van der Waals surface area contributed by atoms with Crippen molar-refractivity contribution in [3.8, 4) is 0 Å². The third kappa shape index (κ3) is 4.01. The highest BCUT2D eigenvalue weighted by Gasteiger charge is 2.16. The summed E-state index contributed by atoms with van der Waals surface area (Å²) in [5, 5.41) is 13.3. The molecule has 1 amide bonds. The number of hydrogen-bond acceptors (Lipinski definition) is 7. The molecule has 1 aromatic carbocycles. The third-order valence-corrected chi connectivity index (χ3v) is 3.91. The number of ether oxygens (including phenoxy) is 1. The maximum Gasteiger partial charge on any atom is 0.270 e. The standard InChI is InChI=1S/C15H14ClN5O4/c16-13-7-11(21(23)24)1-2-12(13)14(22)19-10-8-17-15(18-9-10)20-3-5-25-6-4-20/h1-2,7-9H,3-6H2,(H,19,22). The summed E-state index contributed by atoms with van der Waals surface area (Å²) in [5.74, 6) is 0.0669. The second-order valence-corrected chi connectivity index (χ2v) is 5.65. The molecular formula is C15H14ClN5O4. The number of carbonyl (C=O) groups is 1. The fourth-order valence-corrected chi connectivity index (χ4v) is 2.57. The van der Waals surface area contributed by atoms with Crippen molar-refractivity contribution < 1.29 is 14.5 Å². The van der Waals surface area contributed by atoms with E-state index in [4.69, 9.17) is 16.3 Å². The molecule has 25 heavy (non-hydrogen) atoms. The number of rotatable bonds is 4. The molecule has 3 rings (SSSR count). The summed E-state index contributed by atoms with van der Waals surface area (Å²) in [5.41, 5.74) is 0.348. The largest absolute Gasteiger partial charge is 0.378 e. The molecule has 0 spiro atoms. The number of benzene rings is 1. The average Bonchev–Trinajstić information content (AvgIpc) is 2.62. The van der Waals surface area contributed by atoms with Gasteiger partial charge in [0.1, 0.15) is 0 Å². The minimum absolute atomic E-state index is 0.00226. The van der Waals surface area contributed by atoms with Gasteiger partial charge >= 0.3 is 0 Å². The van der Waals surface area contributed by atoms with Gasteiger partial charge in [0, 0.05) is 25.2 Å². The first kappa shape index (κ1) is 17.1. The Morgan fingerprint density at radius 3 is 2.56 bits per heavy atom. The monoisotopic (exact) mass is 363 g/mol. The first-order valence-electron chi connectivity index (χ1n) is 7.44. The van der Waals surface area contributed by atoms with Crippen LogP contribution in [0.25, 0.3) is 0 Å². The van der Waals surface area contributed by atoms with Gasteiger partial charge in [-0.05, 0) is 6.07 Å². The molecule has 9 nitrogen and oxygen atoms in total. The maximum absolute atomic E-state index is 12.3. The van der Waals surface area contributed by atoms with E-state index in [9.17, 15) is 14.9 Å². The Kier molecular flexibility index (Phi) is 5.05. The zero-order valence-corrected chi connectivity index (χ0v) is 13.8. The minimum Gasteiger partial charge on any atom is -0.378 e. The molecule has 0 unspecified atom stereocenters. The average molecular weight is 364 g/mol. The van der Waals surface area contributed by atoms with Crippen LogP contribution in [0.1, 0.15) is 10.4 Å². The molecule has 10 heteroatoms. The van der Waals surface area contributed by atoms with Gasteiger partial charge in [0.15, 0.2) is 0 Å². The quantitative estimate of drug-likeness (QED) is 0.654. The Bertz CT molecular complexity index is 793. The molecule has 2 heterocycles. The van der Waals surface area contributed by atoms with Gasteiger partial charge in [-0.3, -0.25) is 14.9 Å². The molecule has 0 aliphatic carbocycles. The van der Waals surface area contributed by atoms with Crippen LogP contribution in [-0.2, 0) is 4.74 Å². The lowest BCUT2D eigenvalue weighted by Crippen LogP contribution is -2.37. The van der Waals surface area contributed by atoms with Gasteiger partial charge in [0.2, 0.25) is 5.95 Å². The lowest BCUT2D eigenvalue weighted by Gasteiger charge is -2.26. The molecular weight excluding hydrogens is 350 g/mol. The molecule has 1 saturated heterocycles. The molecule has 1 aromatic heterocycles. The maximum atomic E-state index is 12.3. The number of anilines is 2. The highest BCUT2D eigenvalue weighted by Crippen LogP contribution is 2.23. The van der Waals surface area contributed by atoms with Crippen LogP contribution in [0.3, 0.4) is 0 Å². The van der Waals surface area contributed by atoms with E-state index in [1.54, 1.807) is 0 Å². The number of carbonyl (C=O) groups excluding carboxylic acids is 1. The summed E-state index contributed by atoms with van der Waals surface area (Å²) in [4.78, 5) is 32.8. The SMILES string of the molecule is O=C(Nc1cnc(N2CCOCC2)nc1)c1ccc([N+](=O)[O-])cc1Cl. The zero-order valence-electron chi connectivity index (χ0n) is 13.0. The lowest BCUT2D eigenvalue weighted by atomic mass is 10.2. The second kappa shape index (κ2) is 7.41. The number of halogens is 1. The predicted octanol–water partition coefficient (Wildman–Crippen LogP) is 2.13. The van der Waals surface area contributed by atoms with Crippen LogP contribution in [0, 0.1) is 10.1 Å². The zero-order chi connectivity index (χ0) is 17.8. The van der Waals surface area contributed by atoms with Crippen molar-refractivity contribution in [2.75, 3.05) is 36.5 Å². The molecule has 1 aliphatic rings. The highest BCUT2D eigenvalue weighted by atomic mass is 35.5. The van der Waals surface area contributed by atoms with Crippen molar-refractivity contribution in [3.63, 3.8) is 0 Å². The van der Waals surface area contributed by atoms with Crippen LogP contribution >= 0.6 is 11.6 Å². The Morgan fingerprint density at radius 2 is 1.96 bits per heavy atom. The van der Waals surface area contributed by atoms with Gasteiger partial charge in [-0.25, -0.2) is 9.97 Å². The van der Waals surface area contributed by atoms with Crippen LogP contribution in [0.2, 0.25) is 5.02 Å². The molecule has 1 N–H and O–H groups in total. The number of morpholine rings is 1. The fourth-order valence-electron chi connectivity index (χ4n) is 2.31. The van der Waals surface area contributed by atoms with Gasteiger partial charge in [-0.1, -0.05) is 11.6 Å². The summed E-state index contributed by atoms with van der Waals surface area (Å²) in [7, 11) is 0. The summed E-state index contributed by atoms with van der Waals surface area (Å²) in [6.45, 7) is 2.68. The molecule has 1 fully saturated rings. The van der Waals surface area contributed by atoms with Crippen LogP contribution in [0.5, 0.6) is 0 Å². The Hall–Kier alpha value is -2.78. The number of nitro groups is 1. The first-order valence-corrected chi connectivity index (χ1v) is 7.82. The minimum atomic E-state index is -0.578. The topological polar surface area (TPSA) is 110 Å². The van der Waals surface area contributed by atoms with Crippen molar-refractivity contribution in [3.05, 3.63) is 51.3 Å². The van der Waals surface area contributed by atoms with E-state index in [2.05, 4.69) is 15.3 Å². The molecule has 1 aliphatic heterocycles. The third-order valence-electron chi connectivity index (χ3n) is 3.60. The molecule has 0 atom stereocenters. The van der Waals surface area contributed by atoms with Crippen LogP contribution in [-0.4, -0.2) is 47.1 Å². The number of nitrogens with zero attached hydrogens (tertiary/aromatic N) is 4.